The zero-order valence-electron chi connectivity index (χ0n) is 14.8. The number of anilines is 1. The molecule has 0 aliphatic carbocycles. The summed E-state index contributed by atoms with van der Waals surface area (Å²) in [5.74, 6) is -0.0115. The second kappa shape index (κ2) is 8.64. The summed E-state index contributed by atoms with van der Waals surface area (Å²) >= 11 is 1.68. The third-order valence-corrected chi connectivity index (χ3v) is 5.69. The van der Waals surface area contributed by atoms with E-state index in [1.165, 1.54) is 10.9 Å². The number of nitriles is 1. The minimum absolute atomic E-state index is 0.0561. The van der Waals surface area contributed by atoms with E-state index in [4.69, 9.17) is 5.26 Å². The van der Waals surface area contributed by atoms with Gasteiger partial charge in [0.05, 0.1) is 16.6 Å². The number of nitro groups is 1. The van der Waals surface area contributed by atoms with Crippen molar-refractivity contribution in [1.29, 1.82) is 5.26 Å². The molecule has 2 heterocycles. The van der Waals surface area contributed by atoms with Crippen LogP contribution in [0, 0.1) is 27.4 Å². The van der Waals surface area contributed by atoms with Gasteiger partial charge in [0.1, 0.15) is 5.69 Å². The van der Waals surface area contributed by atoms with E-state index >= 15 is 0 Å². The number of rotatable bonds is 6. The Balaban J connectivity index is 1.55. The van der Waals surface area contributed by atoms with Crippen molar-refractivity contribution in [3.63, 3.8) is 0 Å². The van der Waals surface area contributed by atoms with Crippen LogP contribution in [0.3, 0.4) is 0 Å². The predicted molar refractivity (Wildman–Crippen MR) is 104 cm³/mol. The summed E-state index contributed by atoms with van der Waals surface area (Å²) < 4.78 is 0. The van der Waals surface area contributed by atoms with Crippen molar-refractivity contribution in [2.24, 2.45) is 5.92 Å². The molecule has 0 unspecified atom stereocenters. The van der Waals surface area contributed by atoms with Crippen LogP contribution in [0.15, 0.2) is 35.7 Å². The second-order valence-corrected chi connectivity index (χ2v) is 7.49. The first-order chi connectivity index (χ1) is 13.1. The number of thiophene rings is 1. The number of nitro benzene ring substituents is 1. The molecule has 0 radical (unpaired) electrons. The number of nitrogens with one attached hydrogen (secondary N) is 1. The van der Waals surface area contributed by atoms with Gasteiger partial charge in [-0.15, -0.1) is 11.3 Å². The molecule has 1 saturated heterocycles. The Hall–Kier alpha value is -2.92. The summed E-state index contributed by atoms with van der Waals surface area (Å²) in [4.78, 5) is 26.4. The molecule has 7 nitrogen and oxygen atoms in total. The Kier molecular flexibility index (Phi) is 6.04. The number of carbonyl (C=O) groups excluding carboxylic acids is 1. The predicted octanol–water partition coefficient (Wildman–Crippen LogP) is 3.10. The maximum atomic E-state index is 12.4. The van der Waals surface area contributed by atoms with Gasteiger partial charge < -0.3 is 10.2 Å². The van der Waals surface area contributed by atoms with Crippen molar-refractivity contribution in [3.8, 4) is 6.07 Å². The zero-order valence-corrected chi connectivity index (χ0v) is 15.6. The standard InChI is InChI=1S/C19H20N4O3S/c20-13-14-3-4-17(18(12-14)23(25)26)22-9-6-15(7-10-22)19(24)21-8-5-16-2-1-11-27-16/h1-4,11-12,15H,5-10H2,(H,21,24). The van der Waals surface area contributed by atoms with E-state index in [-0.39, 0.29) is 23.1 Å². The van der Waals surface area contributed by atoms with E-state index in [9.17, 15) is 14.9 Å². The van der Waals surface area contributed by atoms with Crippen LogP contribution in [0.5, 0.6) is 0 Å². The highest BCUT2D eigenvalue weighted by Crippen LogP contribution is 2.32. The fourth-order valence-electron chi connectivity index (χ4n) is 3.30. The van der Waals surface area contributed by atoms with Gasteiger partial charge in [-0.25, -0.2) is 0 Å². The molecular formula is C19H20N4O3S. The lowest BCUT2D eigenvalue weighted by molar-refractivity contribution is -0.384. The average Bonchev–Trinajstić information content (AvgIpc) is 3.21. The molecule has 1 aromatic carbocycles. The molecular weight excluding hydrogens is 364 g/mol. The average molecular weight is 384 g/mol. The van der Waals surface area contributed by atoms with Crippen LogP contribution in [0.2, 0.25) is 0 Å². The molecule has 0 atom stereocenters. The third kappa shape index (κ3) is 4.63. The van der Waals surface area contributed by atoms with Gasteiger partial charge in [0, 0.05) is 36.5 Å². The van der Waals surface area contributed by atoms with Crippen molar-refractivity contribution >= 4 is 28.6 Å². The molecule has 1 aliphatic heterocycles. The topological polar surface area (TPSA) is 99.3 Å². The quantitative estimate of drug-likeness (QED) is 0.609. The minimum Gasteiger partial charge on any atom is -0.366 e. The second-order valence-electron chi connectivity index (χ2n) is 6.45. The number of hydrogen-bond donors (Lipinski definition) is 1. The van der Waals surface area contributed by atoms with Gasteiger partial charge in [-0.3, -0.25) is 14.9 Å². The summed E-state index contributed by atoms with van der Waals surface area (Å²) in [6.45, 7) is 1.78. The van der Waals surface area contributed by atoms with Crippen LogP contribution >= 0.6 is 11.3 Å². The van der Waals surface area contributed by atoms with E-state index in [2.05, 4.69) is 11.4 Å². The minimum atomic E-state index is -0.459. The van der Waals surface area contributed by atoms with E-state index in [0.717, 1.165) is 6.42 Å². The van der Waals surface area contributed by atoms with Crippen LogP contribution in [0.4, 0.5) is 11.4 Å². The molecule has 0 spiro atoms. The van der Waals surface area contributed by atoms with Crippen molar-refractivity contribution in [2.75, 3.05) is 24.5 Å². The lowest BCUT2D eigenvalue weighted by Gasteiger charge is -2.32. The molecule has 1 aromatic heterocycles. The Bertz CT molecular complexity index is 852. The first kappa shape index (κ1) is 18.9. The molecule has 27 heavy (non-hydrogen) atoms. The number of carbonyl (C=O) groups is 1. The van der Waals surface area contributed by atoms with Gasteiger partial charge in [0.25, 0.3) is 5.69 Å². The molecule has 140 valence electrons. The Morgan fingerprint density at radius 2 is 2.15 bits per heavy atom. The lowest BCUT2D eigenvalue weighted by atomic mass is 9.95. The Labute approximate surface area is 161 Å². The number of benzene rings is 1. The molecule has 1 aliphatic rings. The van der Waals surface area contributed by atoms with Crippen molar-refractivity contribution < 1.29 is 9.72 Å². The van der Waals surface area contributed by atoms with Gasteiger partial charge in [-0.2, -0.15) is 5.26 Å². The van der Waals surface area contributed by atoms with E-state index in [1.807, 2.05) is 22.4 Å². The SMILES string of the molecule is N#Cc1ccc(N2CCC(C(=O)NCCc3cccs3)CC2)c([N+](=O)[O-])c1. The van der Waals surface area contributed by atoms with Crippen LogP contribution in [-0.4, -0.2) is 30.5 Å². The summed E-state index contributed by atoms with van der Waals surface area (Å²) in [5.41, 5.74) is 0.717. The lowest BCUT2D eigenvalue weighted by Crippen LogP contribution is -2.41. The first-order valence-electron chi connectivity index (χ1n) is 8.82. The van der Waals surface area contributed by atoms with Crippen LogP contribution in [0.1, 0.15) is 23.3 Å². The number of piperidine rings is 1. The van der Waals surface area contributed by atoms with Crippen LogP contribution in [-0.2, 0) is 11.2 Å². The molecule has 1 amide bonds. The highest BCUT2D eigenvalue weighted by Gasteiger charge is 2.28. The van der Waals surface area contributed by atoms with Gasteiger partial charge >= 0.3 is 0 Å². The smallest absolute Gasteiger partial charge is 0.293 e. The maximum absolute atomic E-state index is 12.4. The van der Waals surface area contributed by atoms with E-state index < -0.39 is 4.92 Å². The zero-order chi connectivity index (χ0) is 19.2. The summed E-state index contributed by atoms with van der Waals surface area (Å²) in [6.07, 6.45) is 2.14. The third-order valence-electron chi connectivity index (χ3n) is 4.76. The molecule has 8 heteroatoms. The molecule has 0 saturated carbocycles. The fraction of sp³-hybridized carbons (Fsp3) is 0.368. The van der Waals surface area contributed by atoms with Crippen LogP contribution in [0.25, 0.3) is 0 Å². The monoisotopic (exact) mass is 384 g/mol. The van der Waals surface area contributed by atoms with E-state index in [1.54, 1.807) is 23.5 Å². The molecule has 0 bridgehead atoms. The van der Waals surface area contributed by atoms with Crippen molar-refractivity contribution in [2.45, 2.75) is 19.3 Å². The summed E-state index contributed by atoms with van der Waals surface area (Å²) in [6, 6.07) is 10.5. The van der Waals surface area contributed by atoms with Crippen LogP contribution < -0.4 is 10.2 Å². The van der Waals surface area contributed by atoms with Crippen molar-refractivity contribution in [3.05, 3.63) is 56.3 Å². The van der Waals surface area contributed by atoms with Gasteiger partial charge in [-0.05, 0) is 42.8 Å². The molecule has 2 aromatic rings. The number of hydrogen-bond acceptors (Lipinski definition) is 6. The largest absolute Gasteiger partial charge is 0.366 e. The van der Waals surface area contributed by atoms with E-state index in [0.29, 0.717) is 38.2 Å². The number of nitrogens with zero attached hydrogens (tertiary/aromatic N) is 3. The van der Waals surface area contributed by atoms with Gasteiger partial charge in [0.15, 0.2) is 0 Å². The highest BCUT2D eigenvalue weighted by molar-refractivity contribution is 7.09. The Morgan fingerprint density at radius 3 is 2.78 bits per heavy atom. The van der Waals surface area contributed by atoms with Crippen molar-refractivity contribution in [1.82, 2.24) is 5.32 Å². The normalized spacial score (nSPS) is 14.6. The maximum Gasteiger partial charge on any atom is 0.293 e. The van der Waals surface area contributed by atoms with Gasteiger partial charge in [0.2, 0.25) is 5.91 Å². The summed E-state index contributed by atoms with van der Waals surface area (Å²) in [5, 5.41) is 25.3. The Morgan fingerprint density at radius 1 is 1.37 bits per heavy atom. The highest BCUT2D eigenvalue weighted by atomic mass is 32.1. The van der Waals surface area contributed by atoms with Gasteiger partial charge in [-0.1, -0.05) is 6.07 Å². The number of amides is 1. The fourth-order valence-corrected chi connectivity index (χ4v) is 4.01. The molecule has 1 fully saturated rings. The molecule has 3 rings (SSSR count). The summed E-state index contributed by atoms with van der Waals surface area (Å²) in [7, 11) is 0. The first-order valence-corrected chi connectivity index (χ1v) is 9.70. The molecule has 1 N–H and O–H groups in total.